The van der Waals surface area contributed by atoms with Crippen LogP contribution in [0.4, 0.5) is 11.4 Å². The molecule has 0 N–H and O–H groups in total. The molecule has 0 spiro atoms. The number of para-hydroxylation sites is 2. The summed E-state index contributed by atoms with van der Waals surface area (Å²) in [7, 11) is 2.19. The molecule has 4 nitrogen and oxygen atoms in total. The number of likely N-dealkylation sites (tertiary alicyclic amines) is 1. The molecule has 3 aliphatic heterocycles. The maximum absolute atomic E-state index is 2.70. The molecule has 2 fully saturated rings. The number of fused-ring (bicyclic) bond motifs is 5. The highest BCUT2D eigenvalue weighted by molar-refractivity contribution is 5.73. The minimum Gasteiger partial charge on any atom is -0.361 e. The zero-order chi connectivity index (χ0) is 18.2. The summed E-state index contributed by atoms with van der Waals surface area (Å²) in [5.41, 5.74) is 4.14. The van der Waals surface area contributed by atoms with Gasteiger partial charge in [-0.1, -0.05) is 18.6 Å². The van der Waals surface area contributed by atoms with Crippen molar-refractivity contribution in [3.63, 3.8) is 0 Å². The first-order valence-corrected chi connectivity index (χ1v) is 10.8. The smallest absolute Gasteiger partial charge is 0.0808 e. The van der Waals surface area contributed by atoms with Gasteiger partial charge in [0.05, 0.1) is 23.1 Å². The molecular formula is C23H32N4. The van der Waals surface area contributed by atoms with E-state index >= 15 is 0 Å². The van der Waals surface area contributed by atoms with Crippen LogP contribution in [0.3, 0.4) is 0 Å². The topological polar surface area (TPSA) is 14.7 Å². The number of rotatable bonds is 3. The van der Waals surface area contributed by atoms with E-state index < -0.39 is 0 Å². The molecule has 0 saturated carbocycles. The van der Waals surface area contributed by atoms with Gasteiger partial charge in [-0.05, 0) is 81.9 Å². The standard InChI is InChI=1S/C23H32N4/c1-24-20-8-3-4-9-21(20)26-17-12-19(11-16-25-13-5-2-6-14-25)18-23(26)22-10-7-15-27(22)24/h3-4,7-10,15,19,23H,2,5-6,11-14,16-18H2,1H3. The van der Waals surface area contributed by atoms with Gasteiger partial charge in [-0.15, -0.1) is 0 Å². The number of benzene rings is 1. The van der Waals surface area contributed by atoms with Crippen molar-refractivity contribution in [1.82, 2.24) is 9.58 Å². The summed E-state index contributed by atoms with van der Waals surface area (Å²) in [4.78, 5) is 5.37. The van der Waals surface area contributed by atoms with Crippen LogP contribution in [-0.2, 0) is 0 Å². The number of anilines is 2. The van der Waals surface area contributed by atoms with E-state index in [1.807, 2.05) is 0 Å². The van der Waals surface area contributed by atoms with Gasteiger partial charge in [0.15, 0.2) is 0 Å². The summed E-state index contributed by atoms with van der Waals surface area (Å²) in [6, 6.07) is 13.9. The van der Waals surface area contributed by atoms with E-state index in [0.29, 0.717) is 6.04 Å². The van der Waals surface area contributed by atoms with E-state index in [4.69, 9.17) is 0 Å². The normalized spacial score (nSPS) is 25.5. The average Bonchev–Trinajstić information content (AvgIpc) is 3.19. The summed E-state index contributed by atoms with van der Waals surface area (Å²) in [5.74, 6) is 0.840. The SMILES string of the molecule is CN1c2ccccc2N2CCC(CCN3CCCCC3)CC2c2cccn21. The average molecular weight is 365 g/mol. The van der Waals surface area contributed by atoms with Crippen LogP contribution in [0, 0.1) is 5.92 Å². The fourth-order valence-corrected chi connectivity index (χ4v) is 5.44. The molecule has 4 heteroatoms. The molecule has 2 atom stereocenters. The highest BCUT2D eigenvalue weighted by Gasteiger charge is 2.35. The fraction of sp³-hybridized carbons (Fsp3) is 0.565. The first-order valence-electron chi connectivity index (χ1n) is 10.8. The molecule has 144 valence electrons. The third kappa shape index (κ3) is 3.14. The molecule has 0 bridgehead atoms. The predicted octanol–water partition coefficient (Wildman–Crippen LogP) is 4.53. The van der Waals surface area contributed by atoms with Gasteiger partial charge in [0.1, 0.15) is 0 Å². The van der Waals surface area contributed by atoms with Gasteiger partial charge in [0.2, 0.25) is 0 Å². The van der Waals surface area contributed by atoms with Crippen LogP contribution >= 0.6 is 0 Å². The molecule has 1 aromatic carbocycles. The Morgan fingerprint density at radius 2 is 1.74 bits per heavy atom. The molecule has 0 amide bonds. The minimum absolute atomic E-state index is 0.492. The second-order valence-corrected chi connectivity index (χ2v) is 8.58. The summed E-state index contributed by atoms with van der Waals surface area (Å²) in [5, 5.41) is 2.31. The lowest BCUT2D eigenvalue weighted by Crippen LogP contribution is -2.38. The second-order valence-electron chi connectivity index (χ2n) is 8.58. The van der Waals surface area contributed by atoms with Gasteiger partial charge in [-0.3, -0.25) is 9.69 Å². The molecule has 4 heterocycles. The van der Waals surface area contributed by atoms with Crippen LogP contribution in [0.2, 0.25) is 0 Å². The van der Waals surface area contributed by atoms with Crippen LogP contribution in [0.15, 0.2) is 42.6 Å². The Labute approximate surface area is 163 Å². The Morgan fingerprint density at radius 1 is 0.926 bits per heavy atom. The molecule has 2 saturated heterocycles. The predicted molar refractivity (Wildman–Crippen MR) is 112 cm³/mol. The summed E-state index contributed by atoms with van der Waals surface area (Å²) < 4.78 is 2.36. The largest absolute Gasteiger partial charge is 0.361 e. The molecule has 27 heavy (non-hydrogen) atoms. The van der Waals surface area contributed by atoms with Gasteiger partial charge >= 0.3 is 0 Å². The first kappa shape index (κ1) is 17.2. The molecule has 2 aromatic rings. The van der Waals surface area contributed by atoms with Gasteiger partial charge in [0.25, 0.3) is 0 Å². The monoisotopic (exact) mass is 364 g/mol. The zero-order valence-corrected chi connectivity index (χ0v) is 16.6. The quantitative estimate of drug-likeness (QED) is 0.795. The lowest BCUT2D eigenvalue weighted by atomic mass is 9.86. The van der Waals surface area contributed by atoms with Crippen LogP contribution in [0.25, 0.3) is 0 Å². The van der Waals surface area contributed by atoms with Crippen LogP contribution in [0.1, 0.15) is 50.3 Å². The molecule has 5 rings (SSSR count). The van der Waals surface area contributed by atoms with Gasteiger partial charge in [0, 0.05) is 19.8 Å². The molecule has 0 aliphatic carbocycles. The number of piperidine rings is 2. The van der Waals surface area contributed by atoms with Crippen LogP contribution < -0.4 is 9.91 Å². The van der Waals surface area contributed by atoms with Crippen molar-refractivity contribution >= 4 is 11.4 Å². The number of hydrogen-bond donors (Lipinski definition) is 0. The van der Waals surface area contributed by atoms with Gasteiger partial charge < -0.3 is 9.80 Å². The third-order valence-corrected chi connectivity index (χ3v) is 6.98. The van der Waals surface area contributed by atoms with Crippen molar-refractivity contribution < 1.29 is 0 Å². The van der Waals surface area contributed by atoms with Gasteiger partial charge in [-0.2, -0.15) is 0 Å². The van der Waals surface area contributed by atoms with Crippen molar-refractivity contribution in [1.29, 1.82) is 0 Å². The lowest BCUT2D eigenvalue weighted by molar-refractivity contribution is 0.199. The molecule has 1 aromatic heterocycles. The maximum atomic E-state index is 2.70. The third-order valence-electron chi connectivity index (χ3n) is 6.98. The summed E-state index contributed by atoms with van der Waals surface area (Å²) in [6.07, 6.45) is 10.4. The van der Waals surface area contributed by atoms with E-state index in [1.54, 1.807) is 0 Å². The minimum atomic E-state index is 0.492. The van der Waals surface area contributed by atoms with Crippen molar-refractivity contribution in [2.45, 2.75) is 44.6 Å². The molecule has 3 aliphatic rings. The number of aromatic nitrogens is 1. The Morgan fingerprint density at radius 3 is 2.59 bits per heavy atom. The first-order chi connectivity index (χ1) is 13.3. The Balaban J connectivity index is 1.38. The fourth-order valence-electron chi connectivity index (χ4n) is 5.44. The molecule has 0 radical (unpaired) electrons. The van der Waals surface area contributed by atoms with Crippen molar-refractivity contribution in [3.8, 4) is 0 Å². The van der Waals surface area contributed by atoms with Crippen molar-refractivity contribution in [2.24, 2.45) is 5.92 Å². The summed E-state index contributed by atoms with van der Waals surface area (Å²) in [6.45, 7) is 5.12. The maximum Gasteiger partial charge on any atom is 0.0808 e. The Bertz CT molecular complexity index is 776. The van der Waals surface area contributed by atoms with E-state index in [-0.39, 0.29) is 0 Å². The van der Waals surface area contributed by atoms with E-state index in [1.165, 1.54) is 81.8 Å². The van der Waals surface area contributed by atoms with Crippen LogP contribution in [-0.4, -0.2) is 42.8 Å². The van der Waals surface area contributed by atoms with Gasteiger partial charge in [-0.25, -0.2) is 0 Å². The van der Waals surface area contributed by atoms with E-state index in [9.17, 15) is 0 Å². The number of nitrogens with zero attached hydrogens (tertiary/aromatic N) is 4. The lowest BCUT2D eigenvalue weighted by Gasteiger charge is -2.41. The molecule has 2 unspecified atom stereocenters. The highest BCUT2D eigenvalue weighted by atomic mass is 15.6. The van der Waals surface area contributed by atoms with Crippen LogP contribution in [0.5, 0.6) is 0 Å². The van der Waals surface area contributed by atoms with Crippen molar-refractivity contribution in [3.05, 3.63) is 48.3 Å². The van der Waals surface area contributed by atoms with E-state index in [2.05, 4.69) is 69.1 Å². The van der Waals surface area contributed by atoms with Crippen molar-refractivity contribution in [2.75, 3.05) is 43.1 Å². The summed E-state index contributed by atoms with van der Waals surface area (Å²) >= 11 is 0. The highest BCUT2D eigenvalue weighted by Crippen LogP contribution is 2.44. The number of hydrogen-bond acceptors (Lipinski definition) is 3. The second kappa shape index (κ2) is 7.23. The molecular weight excluding hydrogens is 332 g/mol. The van der Waals surface area contributed by atoms with E-state index in [0.717, 1.165) is 5.92 Å². The zero-order valence-electron chi connectivity index (χ0n) is 16.6. The Kier molecular flexibility index (Phi) is 4.60. The Hall–Kier alpha value is -1.94.